The third-order valence-corrected chi connectivity index (χ3v) is 4.10. The Hall–Kier alpha value is -1.67. The largest absolute Gasteiger partial charge is 0.412 e. The minimum Gasteiger partial charge on any atom is -0.412 e. The van der Waals surface area contributed by atoms with E-state index in [0.717, 1.165) is 11.9 Å². The maximum atomic E-state index is 10.3. The fourth-order valence-corrected chi connectivity index (χ4v) is 2.80. The van der Waals surface area contributed by atoms with Crippen LogP contribution in [0.15, 0.2) is 58.7 Å². The molecule has 0 aromatic carbocycles. The quantitative estimate of drug-likeness (QED) is 0.405. The summed E-state index contributed by atoms with van der Waals surface area (Å²) in [4.78, 5) is 10.3. The van der Waals surface area contributed by atoms with Crippen LogP contribution in [0.2, 0.25) is 0 Å². The van der Waals surface area contributed by atoms with Crippen LogP contribution in [0.5, 0.6) is 0 Å². The van der Waals surface area contributed by atoms with Gasteiger partial charge in [-0.3, -0.25) is 4.79 Å². The zero-order chi connectivity index (χ0) is 15.9. The predicted octanol–water partition coefficient (Wildman–Crippen LogP) is 4.89. The monoisotopic (exact) mass is 302 g/mol. The lowest BCUT2D eigenvalue weighted by Gasteiger charge is -2.32. The molecule has 0 fully saturated rings. The van der Waals surface area contributed by atoms with Gasteiger partial charge in [0.05, 0.1) is 0 Å². The van der Waals surface area contributed by atoms with E-state index in [9.17, 15) is 4.79 Å². The van der Waals surface area contributed by atoms with Crippen LogP contribution in [0.3, 0.4) is 0 Å². The first-order chi connectivity index (χ1) is 9.86. The molecule has 0 radical (unpaired) electrons. The Morgan fingerprint density at radius 1 is 1.09 bits per heavy atom. The van der Waals surface area contributed by atoms with Crippen molar-refractivity contribution in [2.45, 2.75) is 53.9 Å². The number of rotatable bonds is 5. The third-order valence-electron chi connectivity index (χ3n) is 4.10. The van der Waals surface area contributed by atoms with Gasteiger partial charge in [0.25, 0.3) is 0 Å². The molecule has 0 unspecified atom stereocenters. The van der Waals surface area contributed by atoms with E-state index in [2.05, 4.69) is 45.9 Å². The molecular weight excluding hydrogens is 272 g/mol. The van der Waals surface area contributed by atoms with Crippen LogP contribution in [0, 0.1) is 5.41 Å². The SMILES string of the molecule is CC1=C(/C=C/C(C)=C\C=C\C(C)=C/C=O)C(C)(C)CCC1.O. The zero-order valence-corrected chi connectivity index (χ0v) is 14.6. The summed E-state index contributed by atoms with van der Waals surface area (Å²) in [5, 5.41) is 0. The molecule has 0 spiro atoms. The van der Waals surface area contributed by atoms with Gasteiger partial charge in [0.15, 0.2) is 0 Å². The Bertz CT molecular complexity index is 526. The summed E-state index contributed by atoms with van der Waals surface area (Å²) in [5.41, 5.74) is 5.48. The molecule has 122 valence electrons. The average molecular weight is 302 g/mol. The van der Waals surface area contributed by atoms with E-state index in [1.165, 1.54) is 36.0 Å². The van der Waals surface area contributed by atoms with Crippen molar-refractivity contribution in [1.29, 1.82) is 0 Å². The standard InChI is InChI=1S/C20H28O.H2O/c1-16(8-6-9-17(2)13-15-21)11-12-19-18(3)10-7-14-20(19,4)5;/h6,8-9,11-13,15H,7,10,14H2,1-5H3;1H2/b9-6+,12-11+,16-8-,17-13-;. The number of hydrogen-bond donors (Lipinski definition) is 0. The van der Waals surface area contributed by atoms with Gasteiger partial charge < -0.3 is 5.48 Å². The van der Waals surface area contributed by atoms with E-state index in [1.54, 1.807) is 6.08 Å². The van der Waals surface area contributed by atoms with E-state index in [-0.39, 0.29) is 10.9 Å². The third kappa shape index (κ3) is 6.40. The summed E-state index contributed by atoms with van der Waals surface area (Å²) < 4.78 is 0. The summed E-state index contributed by atoms with van der Waals surface area (Å²) in [6.07, 6.45) is 16.6. The average Bonchev–Trinajstić information content (AvgIpc) is 2.37. The molecule has 1 aliphatic carbocycles. The summed E-state index contributed by atoms with van der Waals surface area (Å²) in [6.45, 7) is 10.9. The summed E-state index contributed by atoms with van der Waals surface area (Å²) >= 11 is 0. The van der Waals surface area contributed by atoms with Crippen LogP contribution in [0.1, 0.15) is 53.9 Å². The normalized spacial score (nSPS) is 19.7. The molecule has 0 aromatic heterocycles. The van der Waals surface area contributed by atoms with E-state index in [0.29, 0.717) is 0 Å². The molecule has 0 saturated carbocycles. The van der Waals surface area contributed by atoms with E-state index < -0.39 is 0 Å². The molecule has 0 atom stereocenters. The van der Waals surface area contributed by atoms with Crippen molar-refractivity contribution >= 4 is 6.29 Å². The van der Waals surface area contributed by atoms with Gasteiger partial charge >= 0.3 is 0 Å². The number of allylic oxidation sites excluding steroid dienone is 10. The first kappa shape index (κ1) is 20.3. The van der Waals surface area contributed by atoms with Gasteiger partial charge in [-0.1, -0.05) is 55.4 Å². The lowest BCUT2D eigenvalue weighted by molar-refractivity contribution is -0.104. The highest BCUT2D eigenvalue weighted by Gasteiger charge is 2.26. The number of aldehydes is 1. The lowest BCUT2D eigenvalue weighted by atomic mass is 9.72. The molecule has 2 N–H and O–H groups in total. The van der Waals surface area contributed by atoms with Crippen LogP contribution in [-0.4, -0.2) is 11.8 Å². The van der Waals surface area contributed by atoms with Crippen molar-refractivity contribution in [3.8, 4) is 0 Å². The van der Waals surface area contributed by atoms with Gasteiger partial charge in [-0.2, -0.15) is 0 Å². The first-order valence-corrected chi connectivity index (χ1v) is 7.72. The molecule has 0 aliphatic heterocycles. The second-order valence-corrected chi connectivity index (χ2v) is 6.58. The molecule has 0 aromatic rings. The summed E-state index contributed by atoms with van der Waals surface area (Å²) in [5.74, 6) is 0. The Morgan fingerprint density at radius 2 is 1.73 bits per heavy atom. The van der Waals surface area contributed by atoms with Crippen LogP contribution >= 0.6 is 0 Å². The van der Waals surface area contributed by atoms with Crippen LogP contribution in [0.25, 0.3) is 0 Å². The smallest absolute Gasteiger partial charge is 0.143 e. The maximum Gasteiger partial charge on any atom is 0.143 e. The fourth-order valence-electron chi connectivity index (χ4n) is 2.80. The fraction of sp³-hybridized carbons (Fsp3) is 0.450. The van der Waals surface area contributed by atoms with Gasteiger partial charge in [-0.15, -0.1) is 0 Å². The van der Waals surface area contributed by atoms with Gasteiger partial charge in [-0.25, -0.2) is 0 Å². The van der Waals surface area contributed by atoms with Crippen LogP contribution < -0.4 is 0 Å². The second kappa shape index (κ2) is 9.37. The van der Waals surface area contributed by atoms with Crippen molar-refractivity contribution in [2.24, 2.45) is 5.41 Å². The molecule has 0 amide bonds. The van der Waals surface area contributed by atoms with Crippen LogP contribution in [0.4, 0.5) is 0 Å². The van der Waals surface area contributed by atoms with Crippen molar-refractivity contribution < 1.29 is 10.3 Å². The van der Waals surface area contributed by atoms with E-state index in [4.69, 9.17) is 0 Å². The highest BCUT2D eigenvalue weighted by molar-refractivity contribution is 5.66. The predicted molar refractivity (Wildman–Crippen MR) is 95.8 cm³/mol. The van der Waals surface area contributed by atoms with E-state index >= 15 is 0 Å². The van der Waals surface area contributed by atoms with Gasteiger partial charge in [0, 0.05) is 0 Å². The van der Waals surface area contributed by atoms with Crippen molar-refractivity contribution in [2.75, 3.05) is 0 Å². The maximum absolute atomic E-state index is 10.3. The molecule has 1 aliphatic rings. The molecule has 22 heavy (non-hydrogen) atoms. The van der Waals surface area contributed by atoms with Crippen molar-refractivity contribution in [3.05, 3.63) is 58.7 Å². The number of carbonyl (C=O) groups excluding carboxylic acids is 1. The zero-order valence-electron chi connectivity index (χ0n) is 14.6. The Balaban J connectivity index is 0.00000441. The molecule has 0 saturated heterocycles. The lowest BCUT2D eigenvalue weighted by Crippen LogP contribution is -2.19. The highest BCUT2D eigenvalue weighted by atomic mass is 16.1. The molecule has 2 nitrogen and oxygen atoms in total. The molecular formula is C20H30O2. The molecule has 0 bridgehead atoms. The van der Waals surface area contributed by atoms with Gasteiger partial charge in [0.2, 0.25) is 0 Å². The Labute approximate surface area is 135 Å². The minimum absolute atomic E-state index is 0. The van der Waals surface area contributed by atoms with Gasteiger partial charge in [0.1, 0.15) is 6.29 Å². The van der Waals surface area contributed by atoms with Crippen LogP contribution in [-0.2, 0) is 4.79 Å². The second-order valence-electron chi connectivity index (χ2n) is 6.58. The molecule has 1 rings (SSSR count). The summed E-state index contributed by atoms with van der Waals surface area (Å²) in [6, 6.07) is 0. The number of hydrogen-bond acceptors (Lipinski definition) is 1. The Morgan fingerprint density at radius 3 is 2.32 bits per heavy atom. The first-order valence-electron chi connectivity index (χ1n) is 7.72. The summed E-state index contributed by atoms with van der Waals surface area (Å²) in [7, 11) is 0. The van der Waals surface area contributed by atoms with Crippen molar-refractivity contribution in [3.63, 3.8) is 0 Å². The topological polar surface area (TPSA) is 48.6 Å². The minimum atomic E-state index is 0. The van der Waals surface area contributed by atoms with E-state index in [1.807, 2.05) is 19.1 Å². The molecule has 0 heterocycles. The van der Waals surface area contributed by atoms with Gasteiger partial charge in [-0.05, 0) is 62.7 Å². The molecule has 2 heteroatoms. The Kier molecular flexibility index (Phi) is 8.66. The number of carbonyl (C=O) groups is 1. The van der Waals surface area contributed by atoms with Crippen molar-refractivity contribution in [1.82, 2.24) is 0 Å². The highest BCUT2D eigenvalue weighted by Crippen LogP contribution is 2.40.